The van der Waals surface area contributed by atoms with Crippen LogP contribution in [0.3, 0.4) is 0 Å². The van der Waals surface area contributed by atoms with Gasteiger partial charge in [0.05, 0.1) is 16.8 Å². The van der Waals surface area contributed by atoms with E-state index in [0.29, 0.717) is 48.6 Å². The highest BCUT2D eigenvalue weighted by Crippen LogP contribution is 2.43. The minimum absolute atomic E-state index is 0.0128. The summed E-state index contributed by atoms with van der Waals surface area (Å²) in [6.45, 7) is 4.58. The van der Waals surface area contributed by atoms with Crippen molar-refractivity contribution < 1.29 is 33.0 Å². The van der Waals surface area contributed by atoms with Gasteiger partial charge in [-0.3, -0.25) is 14.5 Å². The molecule has 1 fully saturated rings. The summed E-state index contributed by atoms with van der Waals surface area (Å²) in [5.41, 5.74) is 1.08. The molecule has 0 atom stereocenters. The molecular formula is C28H27FN4O6. The number of hydrazone groups is 1. The van der Waals surface area contributed by atoms with Gasteiger partial charge < -0.3 is 14.4 Å². The normalized spacial score (nSPS) is 19.1. The monoisotopic (exact) mass is 534 g/mol. The predicted octanol–water partition coefficient (Wildman–Crippen LogP) is 3.15. The first kappa shape index (κ1) is 26.1. The molecule has 0 bridgehead atoms. The number of carbonyl (C=O) groups excluding carboxylic acids is 4. The fourth-order valence-corrected chi connectivity index (χ4v) is 5.09. The molecule has 3 aliphatic rings. The van der Waals surface area contributed by atoms with E-state index in [-0.39, 0.29) is 24.3 Å². The van der Waals surface area contributed by atoms with Crippen molar-refractivity contribution >= 4 is 35.3 Å². The van der Waals surface area contributed by atoms with Crippen LogP contribution in [0.5, 0.6) is 0 Å². The third-order valence-corrected chi connectivity index (χ3v) is 7.06. The van der Waals surface area contributed by atoms with Crippen molar-refractivity contribution in [3.8, 4) is 0 Å². The predicted molar refractivity (Wildman–Crippen MR) is 137 cm³/mol. The van der Waals surface area contributed by atoms with E-state index in [1.807, 2.05) is 4.90 Å². The molecule has 2 aromatic rings. The maximum Gasteiger partial charge on any atom is 0.375 e. The lowest BCUT2D eigenvalue weighted by atomic mass is 9.96. The number of amidine groups is 1. The van der Waals surface area contributed by atoms with Crippen molar-refractivity contribution in [3.63, 3.8) is 0 Å². The Morgan fingerprint density at radius 1 is 1.00 bits per heavy atom. The zero-order chi connectivity index (χ0) is 27.7. The molecule has 2 aromatic carbocycles. The maximum absolute atomic E-state index is 13.4. The van der Waals surface area contributed by atoms with Crippen molar-refractivity contribution in [1.29, 1.82) is 0 Å². The molecule has 3 heterocycles. The average molecular weight is 535 g/mol. The summed E-state index contributed by atoms with van der Waals surface area (Å²) in [7, 11) is 0. The van der Waals surface area contributed by atoms with Gasteiger partial charge >= 0.3 is 17.8 Å². The number of anilines is 1. The molecule has 0 aliphatic carbocycles. The Hall–Kier alpha value is -4.54. The molecule has 39 heavy (non-hydrogen) atoms. The van der Waals surface area contributed by atoms with Gasteiger partial charge in [0.2, 0.25) is 5.91 Å². The highest BCUT2D eigenvalue weighted by Gasteiger charge is 2.57. The Labute approximate surface area is 224 Å². The quantitative estimate of drug-likeness (QED) is 0.257. The Bertz CT molecular complexity index is 1360. The topological polar surface area (TPSA) is 109 Å². The van der Waals surface area contributed by atoms with E-state index in [0.717, 1.165) is 12.2 Å². The van der Waals surface area contributed by atoms with E-state index < -0.39 is 23.7 Å². The first-order chi connectivity index (χ1) is 18.7. The smallest absolute Gasteiger partial charge is 0.375 e. The number of piperidine rings is 1. The molecule has 202 valence electrons. The fourth-order valence-electron chi connectivity index (χ4n) is 5.09. The number of fused-ring (bicyclic) bond motifs is 2. The lowest BCUT2D eigenvalue weighted by Gasteiger charge is -2.39. The second-order valence-electron chi connectivity index (χ2n) is 9.60. The molecule has 2 amide bonds. The summed E-state index contributed by atoms with van der Waals surface area (Å²) in [5.74, 6) is -4.00. The second kappa shape index (κ2) is 10.3. The highest BCUT2D eigenvalue weighted by atomic mass is 19.1. The van der Waals surface area contributed by atoms with Gasteiger partial charge in [-0.2, -0.15) is 10.1 Å². The minimum atomic E-state index is -1.96. The van der Waals surface area contributed by atoms with Crippen molar-refractivity contribution in [1.82, 2.24) is 9.80 Å². The number of carbonyl (C=O) groups is 4. The first-order valence-corrected chi connectivity index (χ1v) is 12.6. The van der Waals surface area contributed by atoms with Crippen LogP contribution in [-0.2, 0) is 29.8 Å². The molecule has 0 saturated carbocycles. The molecule has 0 N–H and O–H groups in total. The van der Waals surface area contributed by atoms with Gasteiger partial charge in [0.15, 0.2) is 0 Å². The third kappa shape index (κ3) is 4.99. The molecule has 11 heteroatoms. The van der Waals surface area contributed by atoms with Gasteiger partial charge in [0.1, 0.15) is 11.7 Å². The summed E-state index contributed by atoms with van der Waals surface area (Å²) < 4.78 is 24.5. The molecule has 10 nitrogen and oxygen atoms in total. The van der Waals surface area contributed by atoms with Crippen molar-refractivity contribution in [2.45, 2.75) is 32.6 Å². The maximum atomic E-state index is 13.4. The number of hydrogen-bond acceptors (Lipinski definition) is 7. The van der Waals surface area contributed by atoms with Gasteiger partial charge in [-0.25, -0.2) is 14.0 Å². The number of benzene rings is 2. The van der Waals surface area contributed by atoms with E-state index in [4.69, 9.17) is 9.47 Å². The van der Waals surface area contributed by atoms with Crippen LogP contribution in [0.15, 0.2) is 65.8 Å². The Balaban J connectivity index is 1.31. The molecule has 1 saturated heterocycles. The van der Waals surface area contributed by atoms with Crippen LogP contribution < -0.4 is 5.01 Å². The van der Waals surface area contributed by atoms with Gasteiger partial charge in [-0.05, 0) is 62.1 Å². The number of esters is 2. The van der Waals surface area contributed by atoms with Crippen LogP contribution in [0.2, 0.25) is 0 Å². The average Bonchev–Trinajstić information content (AvgIpc) is 3.03. The van der Waals surface area contributed by atoms with Gasteiger partial charge in [0.25, 0.3) is 5.91 Å². The van der Waals surface area contributed by atoms with E-state index in [2.05, 4.69) is 5.10 Å². The third-order valence-electron chi connectivity index (χ3n) is 7.06. The van der Waals surface area contributed by atoms with E-state index >= 15 is 0 Å². The van der Waals surface area contributed by atoms with E-state index in [1.165, 1.54) is 41.1 Å². The highest BCUT2D eigenvalue weighted by molar-refractivity contribution is 6.01. The van der Waals surface area contributed by atoms with E-state index in [1.54, 1.807) is 31.2 Å². The zero-order valence-corrected chi connectivity index (χ0v) is 21.5. The van der Waals surface area contributed by atoms with Gasteiger partial charge in [0, 0.05) is 38.7 Å². The molecule has 3 aliphatic heterocycles. The van der Waals surface area contributed by atoms with E-state index in [9.17, 15) is 23.6 Å². The fraction of sp³-hybridized carbons (Fsp3) is 0.321. The van der Waals surface area contributed by atoms with Crippen molar-refractivity contribution in [2.75, 3.05) is 24.6 Å². The molecule has 1 spiro atoms. The van der Waals surface area contributed by atoms with Crippen molar-refractivity contribution in [3.05, 3.63) is 77.6 Å². The second-order valence-corrected chi connectivity index (χ2v) is 9.60. The largest absolute Gasteiger partial charge is 0.396 e. The number of likely N-dealkylation sites (tertiary alicyclic amines) is 1. The lowest BCUT2D eigenvalue weighted by molar-refractivity contribution is -0.274. The van der Waals surface area contributed by atoms with Crippen LogP contribution >= 0.6 is 0 Å². The number of nitrogens with zero attached hydrogens (tertiary/aromatic N) is 4. The molecule has 0 aromatic heterocycles. The SMILES string of the molecule is CC(=O)N(/N=C(/C)N1CCC(CN2C(=O)c3ccccc3C23OC(=O)C=CC(=O)O3)CC1)c1ccc(F)cc1. The van der Waals surface area contributed by atoms with Crippen LogP contribution in [0.1, 0.15) is 42.6 Å². The van der Waals surface area contributed by atoms with Gasteiger partial charge in [-0.1, -0.05) is 12.1 Å². The molecular weight excluding hydrogens is 507 g/mol. The van der Waals surface area contributed by atoms with Gasteiger partial charge in [-0.15, -0.1) is 0 Å². The van der Waals surface area contributed by atoms with Crippen LogP contribution in [0.25, 0.3) is 0 Å². The Kier molecular flexibility index (Phi) is 6.90. The zero-order valence-electron chi connectivity index (χ0n) is 21.5. The molecule has 5 rings (SSSR count). The summed E-state index contributed by atoms with van der Waals surface area (Å²) in [6, 6.07) is 12.1. The molecule has 0 radical (unpaired) electrons. The van der Waals surface area contributed by atoms with Crippen LogP contribution in [0, 0.1) is 11.7 Å². The Morgan fingerprint density at radius 2 is 1.62 bits per heavy atom. The number of ether oxygens (including phenoxy) is 2. The summed E-state index contributed by atoms with van der Waals surface area (Å²) in [5, 5.41) is 5.71. The summed E-state index contributed by atoms with van der Waals surface area (Å²) in [6.07, 6.45) is 3.30. The standard InChI is InChI=1S/C28H27FN4O6/c1-18(30-33(19(2)34)22-9-7-21(29)8-10-22)31-15-13-20(14-16-31)17-32-27(37)23-5-3-4-6-24(23)28(32)38-25(35)11-12-26(36)39-28/h3-12,20H,13-17H2,1-2H3/b30-18-. The molecule has 0 unspecified atom stereocenters. The lowest BCUT2D eigenvalue weighted by Crippen LogP contribution is -2.52. The number of hydrogen-bond donors (Lipinski definition) is 0. The summed E-state index contributed by atoms with van der Waals surface area (Å²) >= 11 is 0. The van der Waals surface area contributed by atoms with Crippen LogP contribution in [0.4, 0.5) is 10.1 Å². The Morgan fingerprint density at radius 3 is 2.23 bits per heavy atom. The number of rotatable bonds is 4. The summed E-state index contributed by atoms with van der Waals surface area (Å²) in [4.78, 5) is 53.7. The van der Waals surface area contributed by atoms with Crippen molar-refractivity contribution in [2.24, 2.45) is 11.0 Å². The number of halogens is 1. The minimum Gasteiger partial charge on any atom is -0.396 e. The van der Waals surface area contributed by atoms with Crippen LogP contribution in [-0.4, -0.2) is 59.0 Å². The number of amides is 2. The first-order valence-electron chi connectivity index (χ1n) is 12.6.